The van der Waals surface area contributed by atoms with Gasteiger partial charge in [0.2, 0.25) is 0 Å². The number of carbonyl (C=O) groups is 2. The van der Waals surface area contributed by atoms with Crippen molar-refractivity contribution >= 4 is 120 Å². The van der Waals surface area contributed by atoms with E-state index in [0.29, 0.717) is 47.9 Å². The van der Waals surface area contributed by atoms with Gasteiger partial charge in [0.05, 0.1) is 0 Å². The van der Waals surface area contributed by atoms with Gasteiger partial charge in [-0.05, 0) is 0 Å². The first-order valence-electron chi connectivity index (χ1n) is 15.1. The second-order valence-electron chi connectivity index (χ2n) is 10.8. The molecule has 6 unspecified atom stereocenters. The Morgan fingerprint density at radius 3 is 1.48 bits per heavy atom. The van der Waals surface area contributed by atoms with E-state index in [1.165, 1.54) is 68.3 Å². The van der Waals surface area contributed by atoms with Crippen LogP contribution in [-0.4, -0.2) is 147 Å². The van der Waals surface area contributed by atoms with E-state index in [0.717, 1.165) is 119 Å². The van der Waals surface area contributed by atoms with Gasteiger partial charge >= 0.3 is 315 Å². The van der Waals surface area contributed by atoms with Crippen LogP contribution in [0.2, 0.25) is 51.2 Å². The molecule has 4 saturated heterocycles. The van der Waals surface area contributed by atoms with Crippen molar-refractivity contribution in [3.63, 3.8) is 0 Å². The summed E-state index contributed by atoms with van der Waals surface area (Å²) in [6.45, 7) is 14.8. The van der Waals surface area contributed by atoms with Crippen molar-refractivity contribution in [1.82, 2.24) is 0 Å². The van der Waals surface area contributed by atoms with Crippen molar-refractivity contribution in [2.75, 3.05) is 49.3 Å². The molecule has 4 fully saturated rings. The molecule has 0 saturated carbocycles. The number of hydrogen-bond donors (Lipinski definition) is 2. The molecule has 0 aromatic rings. The molecule has 4 rings (SSSR count). The Hall–Kier alpha value is 2.31. The van der Waals surface area contributed by atoms with Crippen LogP contribution in [0, 0.1) is 0 Å². The zero-order chi connectivity index (χ0) is 32.2. The third-order valence-corrected chi connectivity index (χ3v) is 27.6. The maximum atomic E-state index is 11.6. The van der Waals surface area contributed by atoms with Crippen LogP contribution in [0.25, 0.3) is 0 Å². The molecule has 4 aliphatic rings. The van der Waals surface area contributed by atoms with Gasteiger partial charge in [-0.1, -0.05) is 0 Å². The van der Waals surface area contributed by atoms with Crippen LogP contribution in [-0.2, 0) is 19.1 Å². The minimum atomic E-state index is 0.111. The Bertz CT molecular complexity index is 807. The van der Waals surface area contributed by atoms with Gasteiger partial charge in [0.15, 0.2) is 0 Å². The third kappa shape index (κ3) is 22.1. The fraction of sp³-hybridized carbons (Fsp3) is 0.800. The van der Waals surface area contributed by atoms with Crippen LogP contribution >= 0.6 is 35.3 Å². The standard InChI is InChI=1S/C14H20O2S3Se.C10H18O2Se3.C6H14N2Se/c1-9(2)13(15)18-7-11-5-17-6-12(20-11)8-19-14(16)10(3)4;1(3-14-7-9-5-11-9)13-2-4-15-8-10-6-12-10;7-3-5-1-2-6(4-8)9-5/h11-12H,1,3,5-8H2,2,4H3;9-10H,1-8H2;5-6H,1-4,7-8H2. The Balaban J connectivity index is 0.000000246. The SMILES string of the molecule is C(C[Se]CC1CO1)[Se]CC[Se]CC1CO1.C=C(C)C(=O)SCC1CSCC(CSC(=O)C(=C)C)[Se]1.NCC1CCC(CN)[Se]1. The first-order chi connectivity index (χ1) is 21.2. The number of rotatable bonds is 18. The maximum absolute atomic E-state index is 11.6. The van der Waals surface area contributed by atoms with Crippen molar-refractivity contribution in [3.05, 3.63) is 24.3 Å². The summed E-state index contributed by atoms with van der Waals surface area (Å²) in [5.74, 6) is 4.08. The minimum absolute atomic E-state index is 0.111. The van der Waals surface area contributed by atoms with Gasteiger partial charge in [-0.15, -0.1) is 0 Å². The molecule has 6 nitrogen and oxygen atoms in total. The van der Waals surface area contributed by atoms with E-state index >= 15 is 0 Å². The van der Waals surface area contributed by atoms with Crippen LogP contribution < -0.4 is 11.5 Å². The molecule has 44 heavy (non-hydrogen) atoms. The summed E-state index contributed by atoms with van der Waals surface area (Å²) in [7, 11) is 0. The van der Waals surface area contributed by atoms with Gasteiger partial charge in [-0.3, -0.25) is 0 Å². The van der Waals surface area contributed by atoms with Crippen LogP contribution in [0.5, 0.6) is 0 Å². The molecule has 0 aromatic carbocycles. The van der Waals surface area contributed by atoms with Crippen LogP contribution in [0.1, 0.15) is 26.7 Å². The van der Waals surface area contributed by atoms with Gasteiger partial charge in [-0.25, -0.2) is 0 Å². The van der Waals surface area contributed by atoms with Crippen molar-refractivity contribution in [1.29, 1.82) is 0 Å². The summed E-state index contributed by atoms with van der Waals surface area (Å²) in [4.78, 5) is 26.1. The molecule has 0 aromatic heterocycles. The van der Waals surface area contributed by atoms with E-state index in [1.807, 2.05) is 11.8 Å². The fourth-order valence-corrected chi connectivity index (χ4v) is 23.7. The number of epoxide rings is 2. The summed E-state index contributed by atoms with van der Waals surface area (Å²) < 4.78 is 10.4. The number of thioether (sulfide) groups is 3. The van der Waals surface area contributed by atoms with Gasteiger partial charge in [0, 0.05) is 0 Å². The van der Waals surface area contributed by atoms with Gasteiger partial charge in [0.25, 0.3) is 0 Å². The summed E-state index contributed by atoms with van der Waals surface area (Å²) in [5, 5.41) is 9.04. The second-order valence-corrected chi connectivity index (χ2v) is 28.0. The molecule has 6 atom stereocenters. The van der Waals surface area contributed by atoms with Gasteiger partial charge < -0.3 is 0 Å². The number of nitrogens with two attached hydrogens (primary N) is 2. The monoisotopic (exact) mass is 1000 g/mol. The average Bonchev–Trinajstić information content (AvgIpc) is 3.97. The zero-order valence-electron chi connectivity index (χ0n) is 26.2. The van der Waals surface area contributed by atoms with E-state index in [1.54, 1.807) is 13.8 Å². The number of hydrogen-bond acceptors (Lipinski definition) is 9. The second kappa shape index (κ2) is 26.2. The average molecular weight is 996 g/mol. The Morgan fingerprint density at radius 2 is 1.14 bits per heavy atom. The van der Waals surface area contributed by atoms with Gasteiger partial charge in [-0.2, -0.15) is 0 Å². The molecule has 0 radical (unpaired) electrons. The van der Waals surface area contributed by atoms with E-state index in [-0.39, 0.29) is 10.2 Å². The fourth-order valence-electron chi connectivity index (χ4n) is 3.66. The van der Waals surface area contributed by atoms with Crippen molar-refractivity contribution in [3.8, 4) is 0 Å². The van der Waals surface area contributed by atoms with Crippen molar-refractivity contribution in [2.24, 2.45) is 11.5 Å². The quantitative estimate of drug-likeness (QED) is 0.0843. The summed E-state index contributed by atoms with van der Waals surface area (Å²) in [5.41, 5.74) is 12.3. The number of carbonyl (C=O) groups excluding carboxylic acids is 2. The Labute approximate surface area is 311 Å². The molecule has 0 bridgehead atoms. The molecular weight excluding hydrogens is 943 g/mol. The molecule has 4 aliphatic heterocycles. The van der Waals surface area contributed by atoms with Gasteiger partial charge in [0.1, 0.15) is 0 Å². The summed E-state index contributed by atoms with van der Waals surface area (Å²) in [6, 6.07) is 0. The van der Waals surface area contributed by atoms with Crippen molar-refractivity contribution in [2.45, 2.75) is 90.1 Å². The normalized spacial score (nSPS) is 26.9. The molecule has 0 amide bonds. The topological polar surface area (TPSA) is 111 Å². The Morgan fingerprint density at radius 1 is 0.750 bits per heavy atom. The Kier molecular flexibility index (Phi) is 25.3. The predicted molar refractivity (Wildman–Crippen MR) is 201 cm³/mol. The number of ether oxygens (including phenoxy) is 2. The van der Waals surface area contributed by atoms with Crippen LogP contribution in [0.3, 0.4) is 0 Å². The molecule has 0 spiro atoms. The summed E-state index contributed by atoms with van der Waals surface area (Å²) in [6.07, 6.45) is 4.02. The first-order valence-corrected chi connectivity index (χ1v) is 29.5. The van der Waals surface area contributed by atoms with E-state index < -0.39 is 0 Å². The molecule has 0 aliphatic carbocycles. The molecule has 254 valence electrons. The predicted octanol–water partition coefficient (Wildman–Crippen LogP) is 5.07. The van der Waals surface area contributed by atoms with E-state index in [2.05, 4.69) is 13.2 Å². The zero-order valence-corrected chi connectivity index (χ0v) is 37.3. The van der Waals surface area contributed by atoms with E-state index in [9.17, 15) is 9.59 Å². The van der Waals surface area contributed by atoms with Crippen LogP contribution in [0.4, 0.5) is 0 Å². The van der Waals surface area contributed by atoms with Crippen molar-refractivity contribution < 1.29 is 19.1 Å². The first kappa shape index (κ1) is 42.5. The molecule has 4 heterocycles. The molecule has 4 N–H and O–H groups in total. The molecular formula is C30H52N2O4S3Se5. The van der Waals surface area contributed by atoms with Crippen LogP contribution in [0.15, 0.2) is 24.3 Å². The third-order valence-electron chi connectivity index (χ3n) is 6.37. The summed E-state index contributed by atoms with van der Waals surface area (Å²) >= 11 is 8.73. The van der Waals surface area contributed by atoms with E-state index in [4.69, 9.17) is 20.9 Å². The molecule has 14 heteroatoms.